The van der Waals surface area contributed by atoms with E-state index in [1.165, 1.54) is 0 Å². The average Bonchev–Trinajstić information content (AvgIpc) is 3.51. The van der Waals surface area contributed by atoms with Crippen LogP contribution in [0.4, 0.5) is 5.69 Å². The van der Waals surface area contributed by atoms with Gasteiger partial charge in [-0.25, -0.2) is 0 Å². The predicted octanol–water partition coefficient (Wildman–Crippen LogP) is 6.33. The van der Waals surface area contributed by atoms with Crippen LogP contribution in [-0.2, 0) is 0 Å². The van der Waals surface area contributed by atoms with Gasteiger partial charge in [-0.2, -0.15) is 4.98 Å². The molecule has 33 heavy (non-hydrogen) atoms. The van der Waals surface area contributed by atoms with Crippen molar-refractivity contribution in [2.45, 2.75) is 13.0 Å². The summed E-state index contributed by atoms with van der Waals surface area (Å²) in [6.07, 6.45) is 0. The lowest BCUT2D eigenvalue weighted by molar-refractivity contribution is 0.404. The second kappa shape index (κ2) is 8.97. The minimum absolute atomic E-state index is 0.303. The molecule has 0 amide bonds. The molecule has 5 rings (SSSR count). The molecule has 0 saturated heterocycles. The van der Waals surface area contributed by atoms with E-state index in [4.69, 9.17) is 38.1 Å². The van der Waals surface area contributed by atoms with Crippen molar-refractivity contribution in [2.75, 3.05) is 12.0 Å². The van der Waals surface area contributed by atoms with E-state index >= 15 is 0 Å². The van der Waals surface area contributed by atoms with Gasteiger partial charge in [-0.3, -0.25) is 4.90 Å². The van der Waals surface area contributed by atoms with Crippen molar-refractivity contribution in [1.82, 2.24) is 15.5 Å². The van der Waals surface area contributed by atoms with E-state index in [9.17, 15) is 0 Å². The zero-order chi connectivity index (χ0) is 22.9. The molecule has 1 atom stereocenters. The molecule has 1 unspecified atom stereocenters. The number of methoxy groups -OCH3 is 1. The molecule has 0 bridgehead atoms. The Morgan fingerprint density at radius 1 is 1.15 bits per heavy atom. The molecular weight excluding hydrogens is 476 g/mol. The molecule has 6 nitrogen and oxygen atoms in total. The number of allylic oxidation sites excluding steroid dienone is 1. The molecule has 3 heterocycles. The number of nitrogens with zero attached hydrogens (tertiary/aromatic N) is 3. The number of hydrogen-bond acceptors (Lipinski definition) is 6. The number of ether oxygens (including phenoxy) is 1. The summed E-state index contributed by atoms with van der Waals surface area (Å²) < 4.78 is 11.1. The summed E-state index contributed by atoms with van der Waals surface area (Å²) in [6, 6.07) is 19.0. The van der Waals surface area contributed by atoms with Gasteiger partial charge in [0.15, 0.2) is 5.11 Å². The first kappa shape index (κ1) is 21.6. The van der Waals surface area contributed by atoms with Crippen molar-refractivity contribution in [1.29, 1.82) is 0 Å². The highest BCUT2D eigenvalue weighted by atomic mass is 35.5. The third-order valence-corrected chi connectivity index (χ3v) is 6.80. The summed E-state index contributed by atoms with van der Waals surface area (Å²) in [5.41, 5.74) is 3.56. The van der Waals surface area contributed by atoms with E-state index in [-0.39, 0.29) is 6.04 Å². The number of thiocarbonyl (C=S) groups is 1. The molecule has 0 fully saturated rings. The maximum atomic E-state index is 6.31. The van der Waals surface area contributed by atoms with Crippen LogP contribution in [-0.4, -0.2) is 22.4 Å². The number of rotatable bonds is 5. The average molecular weight is 495 g/mol. The van der Waals surface area contributed by atoms with Gasteiger partial charge < -0.3 is 14.6 Å². The molecule has 9 heteroatoms. The van der Waals surface area contributed by atoms with Gasteiger partial charge in [0.05, 0.1) is 23.6 Å². The first-order chi connectivity index (χ1) is 16.0. The van der Waals surface area contributed by atoms with E-state index in [1.807, 2.05) is 77.9 Å². The maximum absolute atomic E-state index is 6.31. The van der Waals surface area contributed by atoms with Crippen LogP contribution in [0.25, 0.3) is 16.3 Å². The monoisotopic (exact) mass is 494 g/mol. The Labute approximate surface area is 205 Å². The highest BCUT2D eigenvalue weighted by molar-refractivity contribution is 7.80. The Morgan fingerprint density at radius 3 is 2.67 bits per heavy atom. The van der Waals surface area contributed by atoms with E-state index in [2.05, 4.69) is 10.5 Å². The molecular formula is C24H19ClN4O2S2. The molecule has 0 saturated carbocycles. The Balaban J connectivity index is 1.65. The molecule has 0 radical (unpaired) electrons. The normalized spacial score (nSPS) is 16.2. The van der Waals surface area contributed by atoms with Gasteiger partial charge in [-0.05, 0) is 72.5 Å². The van der Waals surface area contributed by atoms with Crippen molar-refractivity contribution >= 4 is 51.5 Å². The van der Waals surface area contributed by atoms with Gasteiger partial charge in [0, 0.05) is 16.4 Å². The summed E-state index contributed by atoms with van der Waals surface area (Å²) >= 11 is 13.6. The first-order valence-electron chi connectivity index (χ1n) is 10.1. The second-order valence-corrected chi connectivity index (χ2v) is 9.14. The maximum Gasteiger partial charge on any atom is 0.258 e. The fourth-order valence-electron chi connectivity index (χ4n) is 3.84. The lowest BCUT2D eigenvalue weighted by Crippen LogP contribution is -2.46. The lowest BCUT2D eigenvalue weighted by atomic mass is 9.94. The van der Waals surface area contributed by atoms with E-state index in [0.717, 1.165) is 33.1 Å². The van der Waals surface area contributed by atoms with Gasteiger partial charge in [0.25, 0.3) is 5.89 Å². The Kier molecular flexibility index (Phi) is 5.88. The third-order valence-electron chi connectivity index (χ3n) is 5.40. The molecule has 2 aromatic heterocycles. The van der Waals surface area contributed by atoms with Crippen LogP contribution >= 0.6 is 35.2 Å². The number of anilines is 1. The molecule has 0 aliphatic carbocycles. The van der Waals surface area contributed by atoms with Gasteiger partial charge in [0.2, 0.25) is 5.82 Å². The number of hydrogen-bond donors (Lipinski definition) is 1. The molecule has 2 aromatic carbocycles. The summed E-state index contributed by atoms with van der Waals surface area (Å²) in [5.74, 6) is 1.74. The summed E-state index contributed by atoms with van der Waals surface area (Å²) in [7, 11) is 1.64. The molecule has 1 aliphatic heterocycles. The fourth-order valence-corrected chi connectivity index (χ4v) is 5.05. The standard InChI is InChI=1S/C24H19ClN4O2S2/c1-14-20(23-27-22(28-31-23)19-7-4-12-33-19)21(15-5-3-6-16(25)13-15)26-24(32)29(14)17-8-10-18(30-2)11-9-17/h3-13,21H,1-2H3,(H,26,32). The van der Waals surface area contributed by atoms with Crippen molar-refractivity contribution in [3.8, 4) is 16.5 Å². The fraction of sp³-hybridized carbons (Fsp3) is 0.125. The number of halogens is 1. The minimum atomic E-state index is -0.303. The lowest BCUT2D eigenvalue weighted by Gasteiger charge is -2.37. The molecule has 1 aliphatic rings. The van der Waals surface area contributed by atoms with Crippen molar-refractivity contribution < 1.29 is 9.26 Å². The Morgan fingerprint density at radius 2 is 1.97 bits per heavy atom. The largest absolute Gasteiger partial charge is 0.497 e. The van der Waals surface area contributed by atoms with Gasteiger partial charge in [-0.1, -0.05) is 35.0 Å². The quantitative estimate of drug-likeness (QED) is 0.325. The molecule has 166 valence electrons. The topological polar surface area (TPSA) is 63.4 Å². The smallest absolute Gasteiger partial charge is 0.258 e. The molecule has 4 aromatic rings. The number of nitrogens with one attached hydrogen (secondary N) is 1. The highest BCUT2D eigenvalue weighted by Crippen LogP contribution is 2.40. The predicted molar refractivity (Wildman–Crippen MR) is 136 cm³/mol. The van der Waals surface area contributed by atoms with Crippen LogP contribution in [0.2, 0.25) is 5.02 Å². The van der Waals surface area contributed by atoms with E-state index in [1.54, 1.807) is 18.4 Å². The number of aromatic nitrogens is 2. The van der Waals surface area contributed by atoms with Gasteiger partial charge >= 0.3 is 0 Å². The summed E-state index contributed by atoms with van der Waals surface area (Å²) in [4.78, 5) is 7.61. The Hall–Kier alpha value is -3.20. The van der Waals surface area contributed by atoms with Crippen LogP contribution in [0.1, 0.15) is 24.4 Å². The minimum Gasteiger partial charge on any atom is -0.497 e. The number of benzene rings is 2. The summed E-state index contributed by atoms with van der Waals surface area (Å²) in [5, 5.41) is 10.8. The van der Waals surface area contributed by atoms with Crippen molar-refractivity contribution in [3.63, 3.8) is 0 Å². The summed E-state index contributed by atoms with van der Waals surface area (Å²) in [6.45, 7) is 2.00. The third kappa shape index (κ3) is 4.13. The van der Waals surface area contributed by atoms with Crippen molar-refractivity contribution in [3.05, 3.63) is 88.2 Å². The number of thiophene rings is 1. The highest BCUT2D eigenvalue weighted by Gasteiger charge is 2.35. The van der Waals surface area contributed by atoms with Crippen LogP contribution < -0.4 is 15.0 Å². The Bertz CT molecular complexity index is 1330. The van der Waals surface area contributed by atoms with Crippen LogP contribution in [0.5, 0.6) is 5.75 Å². The zero-order valence-corrected chi connectivity index (χ0v) is 20.2. The van der Waals surface area contributed by atoms with E-state index < -0.39 is 0 Å². The SMILES string of the molecule is COc1ccc(N2C(=S)NC(c3cccc(Cl)c3)C(c3nc(-c4cccs4)no3)=C2C)cc1. The van der Waals surface area contributed by atoms with Gasteiger partial charge in [-0.15, -0.1) is 11.3 Å². The van der Waals surface area contributed by atoms with Crippen LogP contribution in [0, 0.1) is 0 Å². The first-order valence-corrected chi connectivity index (χ1v) is 11.8. The molecule has 1 N–H and O–H groups in total. The van der Waals surface area contributed by atoms with Gasteiger partial charge in [0.1, 0.15) is 5.75 Å². The van der Waals surface area contributed by atoms with Crippen molar-refractivity contribution in [2.24, 2.45) is 0 Å². The van der Waals surface area contributed by atoms with Crippen LogP contribution in [0.3, 0.4) is 0 Å². The van der Waals surface area contributed by atoms with E-state index in [0.29, 0.717) is 21.9 Å². The second-order valence-electron chi connectivity index (χ2n) is 7.37. The zero-order valence-electron chi connectivity index (χ0n) is 17.8. The molecule has 0 spiro atoms. The van der Waals surface area contributed by atoms with Crippen LogP contribution in [0.15, 0.2) is 76.3 Å².